The van der Waals surface area contributed by atoms with Gasteiger partial charge in [0, 0.05) is 11.1 Å². The van der Waals surface area contributed by atoms with E-state index in [2.05, 4.69) is 41.2 Å². The number of aromatic nitrogens is 4. The summed E-state index contributed by atoms with van der Waals surface area (Å²) in [5, 5.41) is 8.30. The molecule has 0 spiro atoms. The highest BCUT2D eigenvalue weighted by atomic mass is 32.1. The Morgan fingerprint density at radius 3 is 2.73 bits per heavy atom. The van der Waals surface area contributed by atoms with Crippen LogP contribution in [0, 0.1) is 6.92 Å². The fraction of sp³-hybridized carbons (Fsp3) is 0.263. The van der Waals surface area contributed by atoms with Gasteiger partial charge in [0.25, 0.3) is 5.91 Å². The standard InChI is InChI=1S/C19H19N5OS/c1-11-20-14-9-12(5-7-15(14)26-11)21-18(25)13-6-8-17-22-16(19(2,3)4)10-24(17)23-13/h5-10H,1-4H3,(H,21,25). The summed E-state index contributed by atoms with van der Waals surface area (Å²) in [4.78, 5) is 21.6. The maximum Gasteiger partial charge on any atom is 0.276 e. The zero-order chi connectivity index (χ0) is 18.5. The van der Waals surface area contributed by atoms with Gasteiger partial charge in [-0.25, -0.2) is 14.5 Å². The van der Waals surface area contributed by atoms with Gasteiger partial charge in [-0.2, -0.15) is 5.10 Å². The summed E-state index contributed by atoms with van der Waals surface area (Å²) in [5.74, 6) is -0.260. The Morgan fingerprint density at radius 2 is 1.96 bits per heavy atom. The van der Waals surface area contributed by atoms with Crippen molar-refractivity contribution < 1.29 is 4.79 Å². The zero-order valence-electron chi connectivity index (χ0n) is 15.1. The number of nitrogens with zero attached hydrogens (tertiary/aromatic N) is 4. The van der Waals surface area contributed by atoms with Crippen LogP contribution in [0.15, 0.2) is 36.5 Å². The molecule has 0 atom stereocenters. The minimum absolute atomic E-state index is 0.0722. The second-order valence-electron chi connectivity index (χ2n) is 7.27. The number of thiazole rings is 1. The van der Waals surface area contributed by atoms with Gasteiger partial charge in [0.1, 0.15) is 5.69 Å². The quantitative estimate of drug-likeness (QED) is 0.578. The van der Waals surface area contributed by atoms with E-state index >= 15 is 0 Å². The molecule has 4 aromatic rings. The van der Waals surface area contributed by atoms with Crippen LogP contribution in [0.5, 0.6) is 0 Å². The van der Waals surface area contributed by atoms with E-state index < -0.39 is 0 Å². The number of anilines is 1. The second kappa shape index (κ2) is 5.88. The molecule has 0 aliphatic carbocycles. The van der Waals surface area contributed by atoms with Crippen LogP contribution in [0.25, 0.3) is 15.9 Å². The molecule has 7 heteroatoms. The summed E-state index contributed by atoms with van der Waals surface area (Å²) in [6.07, 6.45) is 1.87. The number of fused-ring (bicyclic) bond motifs is 2. The molecule has 0 radical (unpaired) electrons. The monoisotopic (exact) mass is 365 g/mol. The van der Waals surface area contributed by atoms with Crippen molar-refractivity contribution in [2.24, 2.45) is 0 Å². The molecule has 26 heavy (non-hydrogen) atoms. The van der Waals surface area contributed by atoms with E-state index in [-0.39, 0.29) is 11.3 Å². The van der Waals surface area contributed by atoms with E-state index in [1.807, 2.05) is 37.4 Å². The summed E-state index contributed by atoms with van der Waals surface area (Å²) in [7, 11) is 0. The summed E-state index contributed by atoms with van der Waals surface area (Å²) in [6, 6.07) is 9.23. The Hall–Kier alpha value is -2.80. The predicted octanol–water partition coefficient (Wildman–Crippen LogP) is 4.20. The molecule has 6 nitrogen and oxygen atoms in total. The van der Waals surface area contributed by atoms with Crippen LogP contribution in [0.4, 0.5) is 5.69 Å². The van der Waals surface area contributed by atoms with E-state index in [9.17, 15) is 4.79 Å². The summed E-state index contributed by atoms with van der Waals surface area (Å²) in [6.45, 7) is 8.26. The Morgan fingerprint density at radius 1 is 1.15 bits per heavy atom. The van der Waals surface area contributed by atoms with Crippen LogP contribution in [0.1, 0.15) is 42.0 Å². The van der Waals surface area contributed by atoms with Gasteiger partial charge in [0.2, 0.25) is 0 Å². The number of nitrogens with one attached hydrogen (secondary N) is 1. The first kappa shape index (κ1) is 16.7. The Kier molecular flexibility index (Phi) is 3.77. The lowest BCUT2D eigenvalue weighted by Gasteiger charge is -2.13. The molecule has 132 valence electrons. The van der Waals surface area contributed by atoms with E-state index in [1.54, 1.807) is 21.9 Å². The van der Waals surface area contributed by atoms with Gasteiger partial charge in [-0.05, 0) is 37.3 Å². The number of rotatable bonds is 2. The first-order valence-corrected chi connectivity index (χ1v) is 9.17. The molecule has 1 N–H and O–H groups in total. The van der Waals surface area contributed by atoms with Crippen molar-refractivity contribution in [2.45, 2.75) is 33.1 Å². The van der Waals surface area contributed by atoms with Crippen molar-refractivity contribution >= 4 is 38.8 Å². The molecular weight excluding hydrogens is 346 g/mol. The Balaban J connectivity index is 1.62. The summed E-state index contributed by atoms with van der Waals surface area (Å²) in [5.41, 5.74) is 3.52. The van der Waals surface area contributed by atoms with Crippen molar-refractivity contribution in [3.05, 3.63) is 52.9 Å². The summed E-state index contributed by atoms with van der Waals surface area (Å²) < 4.78 is 2.76. The number of imidazole rings is 1. The fourth-order valence-electron chi connectivity index (χ4n) is 2.68. The van der Waals surface area contributed by atoms with Gasteiger partial charge in [-0.15, -0.1) is 11.3 Å². The molecule has 0 bridgehead atoms. The van der Waals surface area contributed by atoms with Crippen LogP contribution in [0.2, 0.25) is 0 Å². The predicted molar refractivity (Wildman–Crippen MR) is 104 cm³/mol. The maximum absolute atomic E-state index is 12.6. The van der Waals surface area contributed by atoms with Gasteiger partial charge in [-0.1, -0.05) is 20.8 Å². The molecule has 0 fully saturated rings. The van der Waals surface area contributed by atoms with Crippen LogP contribution < -0.4 is 5.32 Å². The number of amides is 1. The van der Waals surface area contributed by atoms with Crippen LogP contribution in [-0.4, -0.2) is 25.5 Å². The van der Waals surface area contributed by atoms with Crippen molar-refractivity contribution in [1.29, 1.82) is 0 Å². The average Bonchev–Trinajstić information content (AvgIpc) is 3.15. The maximum atomic E-state index is 12.6. The molecule has 0 aliphatic rings. The van der Waals surface area contributed by atoms with Crippen molar-refractivity contribution in [3.63, 3.8) is 0 Å². The highest BCUT2D eigenvalue weighted by molar-refractivity contribution is 7.18. The minimum atomic E-state index is -0.260. The number of carbonyl (C=O) groups is 1. The van der Waals surface area contributed by atoms with Crippen molar-refractivity contribution in [3.8, 4) is 0 Å². The van der Waals surface area contributed by atoms with Crippen molar-refractivity contribution in [2.75, 3.05) is 5.32 Å². The largest absolute Gasteiger partial charge is 0.321 e. The van der Waals surface area contributed by atoms with Crippen LogP contribution in [-0.2, 0) is 5.41 Å². The number of hydrogen-bond acceptors (Lipinski definition) is 5. The molecule has 0 saturated heterocycles. The Bertz CT molecular complexity index is 1140. The van der Waals surface area contributed by atoms with E-state index in [1.165, 1.54) is 0 Å². The van der Waals surface area contributed by atoms with Gasteiger partial charge in [0.15, 0.2) is 5.65 Å². The fourth-order valence-corrected chi connectivity index (χ4v) is 3.49. The molecule has 0 unspecified atom stereocenters. The first-order valence-electron chi connectivity index (χ1n) is 8.35. The number of carbonyl (C=O) groups excluding carboxylic acids is 1. The molecule has 4 rings (SSSR count). The first-order chi connectivity index (χ1) is 12.3. The molecule has 1 aromatic carbocycles. The molecule has 0 saturated carbocycles. The zero-order valence-corrected chi connectivity index (χ0v) is 15.9. The highest BCUT2D eigenvalue weighted by Gasteiger charge is 2.19. The van der Waals surface area contributed by atoms with E-state index in [0.29, 0.717) is 11.4 Å². The second-order valence-corrected chi connectivity index (χ2v) is 8.50. The SMILES string of the molecule is Cc1nc2cc(NC(=O)c3ccc4nc(C(C)(C)C)cn4n3)ccc2s1. The number of aryl methyl sites for hydroxylation is 1. The molecule has 0 aliphatic heterocycles. The van der Waals surface area contributed by atoms with E-state index in [0.717, 1.165) is 26.6 Å². The van der Waals surface area contributed by atoms with Gasteiger partial charge < -0.3 is 5.32 Å². The number of hydrogen-bond donors (Lipinski definition) is 1. The van der Waals surface area contributed by atoms with E-state index in [4.69, 9.17) is 0 Å². The lowest BCUT2D eigenvalue weighted by molar-refractivity contribution is 0.102. The lowest BCUT2D eigenvalue weighted by atomic mass is 9.93. The van der Waals surface area contributed by atoms with Gasteiger partial charge in [-0.3, -0.25) is 4.79 Å². The Labute approximate surface area is 154 Å². The average molecular weight is 365 g/mol. The van der Waals surface area contributed by atoms with Crippen LogP contribution >= 0.6 is 11.3 Å². The van der Waals surface area contributed by atoms with Gasteiger partial charge >= 0.3 is 0 Å². The molecule has 3 heterocycles. The summed E-state index contributed by atoms with van der Waals surface area (Å²) >= 11 is 1.64. The topological polar surface area (TPSA) is 72.2 Å². The molecular formula is C19H19N5OS. The normalized spacial score (nSPS) is 12.0. The highest BCUT2D eigenvalue weighted by Crippen LogP contribution is 2.25. The molecule has 3 aromatic heterocycles. The minimum Gasteiger partial charge on any atom is -0.321 e. The molecule has 1 amide bonds. The lowest BCUT2D eigenvalue weighted by Crippen LogP contribution is -2.15. The van der Waals surface area contributed by atoms with Crippen LogP contribution in [0.3, 0.4) is 0 Å². The smallest absolute Gasteiger partial charge is 0.276 e. The van der Waals surface area contributed by atoms with Gasteiger partial charge in [0.05, 0.1) is 27.1 Å². The third-order valence-corrected chi connectivity index (χ3v) is 5.03. The number of benzene rings is 1. The van der Waals surface area contributed by atoms with Crippen molar-refractivity contribution in [1.82, 2.24) is 19.6 Å². The third-order valence-electron chi connectivity index (χ3n) is 4.07. The third kappa shape index (κ3) is 3.06.